The topological polar surface area (TPSA) is 0 Å². The second-order valence-electron chi connectivity index (χ2n) is 7.26. The zero-order valence-corrected chi connectivity index (χ0v) is 15.4. The van der Waals surface area contributed by atoms with Crippen LogP contribution in [-0.4, -0.2) is 0 Å². The van der Waals surface area contributed by atoms with Crippen molar-refractivity contribution in [3.05, 3.63) is 0 Å². The van der Waals surface area contributed by atoms with Gasteiger partial charge in [-0.2, -0.15) is 0 Å². The molecule has 0 nitrogen and oxygen atoms in total. The summed E-state index contributed by atoms with van der Waals surface area (Å²) in [5, 5.41) is 0. The lowest BCUT2D eigenvalue weighted by Crippen LogP contribution is -2.16. The lowest BCUT2D eigenvalue weighted by molar-refractivity contribution is 0.237. The zero-order chi connectivity index (χ0) is 15.4. The highest BCUT2D eigenvalue weighted by molar-refractivity contribution is 4.71. The first-order valence-corrected chi connectivity index (χ1v) is 9.58. The van der Waals surface area contributed by atoms with Gasteiger partial charge in [-0.15, -0.1) is 0 Å². The summed E-state index contributed by atoms with van der Waals surface area (Å²) >= 11 is 0. The van der Waals surface area contributed by atoms with Gasteiger partial charge in [0.05, 0.1) is 0 Å². The highest BCUT2D eigenvalue weighted by Gasteiger charge is 2.19. The van der Waals surface area contributed by atoms with E-state index in [1.807, 2.05) is 0 Å². The van der Waals surface area contributed by atoms with Crippen LogP contribution in [0.5, 0.6) is 0 Å². The Kier molecular flexibility index (Phi) is 12.7. The van der Waals surface area contributed by atoms with Gasteiger partial charge in [-0.1, -0.05) is 92.9 Å². The highest BCUT2D eigenvalue weighted by atomic mass is 14.3. The second kappa shape index (κ2) is 12.7. The van der Waals surface area contributed by atoms with Gasteiger partial charge in [0, 0.05) is 0 Å². The third kappa shape index (κ3) is 9.03. The molecule has 4 atom stereocenters. The highest BCUT2D eigenvalue weighted by Crippen LogP contribution is 2.31. The molecule has 0 aliphatic heterocycles. The van der Waals surface area contributed by atoms with Gasteiger partial charge < -0.3 is 0 Å². The van der Waals surface area contributed by atoms with Gasteiger partial charge in [0.25, 0.3) is 0 Å². The van der Waals surface area contributed by atoms with Crippen LogP contribution in [0.4, 0.5) is 0 Å². The maximum Gasteiger partial charge on any atom is -0.0414 e. The predicted octanol–water partition coefficient (Wildman–Crippen LogP) is 7.47. The maximum absolute atomic E-state index is 2.51. The first kappa shape index (κ1) is 20.0. The molecule has 0 heterocycles. The molecule has 0 rings (SSSR count). The van der Waals surface area contributed by atoms with Crippen LogP contribution in [0.25, 0.3) is 0 Å². The van der Waals surface area contributed by atoms with Crippen LogP contribution in [-0.2, 0) is 0 Å². The lowest BCUT2D eigenvalue weighted by Gasteiger charge is -2.27. The predicted molar refractivity (Wildman–Crippen MR) is 94.2 cm³/mol. The van der Waals surface area contributed by atoms with E-state index in [0.29, 0.717) is 0 Å². The molecular formula is C20H42. The van der Waals surface area contributed by atoms with Gasteiger partial charge in [0.1, 0.15) is 0 Å². The quantitative estimate of drug-likeness (QED) is 0.328. The van der Waals surface area contributed by atoms with Crippen LogP contribution in [0.15, 0.2) is 0 Å². The summed E-state index contributed by atoms with van der Waals surface area (Å²) in [5.74, 6) is 3.77. The summed E-state index contributed by atoms with van der Waals surface area (Å²) in [6.07, 6.45) is 14.2. The van der Waals surface area contributed by atoms with Crippen molar-refractivity contribution in [2.75, 3.05) is 0 Å². The molecule has 4 unspecified atom stereocenters. The Morgan fingerprint density at radius 2 is 0.950 bits per heavy atom. The minimum absolute atomic E-state index is 0.910. The molecule has 0 aliphatic carbocycles. The molecule has 0 spiro atoms. The molecule has 20 heavy (non-hydrogen) atoms. The molecule has 0 saturated heterocycles. The number of rotatable bonds is 13. The van der Waals surface area contributed by atoms with Crippen LogP contribution < -0.4 is 0 Å². The van der Waals surface area contributed by atoms with Gasteiger partial charge in [0.15, 0.2) is 0 Å². The Labute approximate surface area is 130 Å². The SMILES string of the molecule is CCCCC(CC)CC(C)C(C)CC(CC)CCCC. The van der Waals surface area contributed by atoms with E-state index in [2.05, 4.69) is 41.5 Å². The molecule has 122 valence electrons. The molecule has 0 aromatic carbocycles. The summed E-state index contributed by atoms with van der Waals surface area (Å²) in [5.41, 5.74) is 0. The smallest absolute Gasteiger partial charge is 0.0414 e. The third-order valence-electron chi connectivity index (χ3n) is 5.47. The molecule has 0 bridgehead atoms. The van der Waals surface area contributed by atoms with Crippen molar-refractivity contribution < 1.29 is 0 Å². The van der Waals surface area contributed by atoms with E-state index in [0.717, 1.165) is 23.7 Å². The minimum Gasteiger partial charge on any atom is -0.0654 e. The summed E-state index contributed by atoms with van der Waals surface area (Å²) in [7, 11) is 0. The average molecular weight is 283 g/mol. The molecule has 0 aromatic rings. The van der Waals surface area contributed by atoms with E-state index < -0.39 is 0 Å². The maximum atomic E-state index is 2.51. The molecular weight excluding hydrogens is 240 g/mol. The number of hydrogen-bond acceptors (Lipinski definition) is 0. The van der Waals surface area contributed by atoms with Crippen molar-refractivity contribution in [1.82, 2.24) is 0 Å². The monoisotopic (exact) mass is 282 g/mol. The Morgan fingerprint density at radius 1 is 0.600 bits per heavy atom. The molecule has 0 aliphatic rings. The summed E-state index contributed by atoms with van der Waals surface area (Å²) in [6.45, 7) is 14.4. The summed E-state index contributed by atoms with van der Waals surface area (Å²) in [6, 6.07) is 0. The average Bonchev–Trinajstić information content (AvgIpc) is 2.47. The Balaban J connectivity index is 4.12. The third-order valence-corrected chi connectivity index (χ3v) is 5.47. The summed E-state index contributed by atoms with van der Waals surface area (Å²) < 4.78 is 0. The van der Waals surface area contributed by atoms with E-state index in [1.54, 1.807) is 0 Å². The van der Waals surface area contributed by atoms with E-state index in [-0.39, 0.29) is 0 Å². The van der Waals surface area contributed by atoms with Gasteiger partial charge in [-0.25, -0.2) is 0 Å². The standard InChI is InChI=1S/C20H42/c1-7-11-13-19(9-3)15-17(5)18(6)16-20(10-4)14-12-8-2/h17-20H,7-16H2,1-6H3. The van der Waals surface area contributed by atoms with Gasteiger partial charge in [-0.3, -0.25) is 0 Å². The van der Waals surface area contributed by atoms with Crippen molar-refractivity contribution in [2.45, 2.75) is 106 Å². The van der Waals surface area contributed by atoms with E-state index in [4.69, 9.17) is 0 Å². The molecule has 0 fully saturated rings. The molecule has 0 N–H and O–H groups in total. The second-order valence-corrected chi connectivity index (χ2v) is 7.26. The largest absolute Gasteiger partial charge is 0.0654 e. The molecule has 0 amide bonds. The normalized spacial score (nSPS) is 17.7. The minimum atomic E-state index is 0.910. The van der Waals surface area contributed by atoms with E-state index in [1.165, 1.54) is 64.2 Å². The Hall–Kier alpha value is 0. The van der Waals surface area contributed by atoms with E-state index >= 15 is 0 Å². The van der Waals surface area contributed by atoms with Crippen molar-refractivity contribution in [3.8, 4) is 0 Å². The molecule has 0 saturated carbocycles. The van der Waals surface area contributed by atoms with Crippen molar-refractivity contribution in [1.29, 1.82) is 0 Å². The van der Waals surface area contributed by atoms with Crippen LogP contribution in [0.3, 0.4) is 0 Å². The fourth-order valence-corrected chi connectivity index (χ4v) is 3.48. The van der Waals surface area contributed by atoms with Crippen LogP contribution in [0.1, 0.15) is 106 Å². The zero-order valence-electron chi connectivity index (χ0n) is 15.4. The number of hydrogen-bond donors (Lipinski definition) is 0. The van der Waals surface area contributed by atoms with Crippen molar-refractivity contribution >= 4 is 0 Å². The Bertz CT molecular complexity index is 174. The first-order chi connectivity index (χ1) is 9.58. The first-order valence-electron chi connectivity index (χ1n) is 9.58. The fourth-order valence-electron chi connectivity index (χ4n) is 3.48. The van der Waals surface area contributed by atoms with Gasteiger partial charge in [0.2, 0.25) is 0 Å². The van der Waals surface area contributed by atoms with Gasteiger partial charge in [-0.05, 0) is 36.5 Å². The Morgan fingerprint density at radius 3 is 1.20 bits per heavy atom. The molecule has 0 aromatic heterocycles. The van der Waals surface area contributed by atoms with Crippen LogP contribution in [0.2, 0.25) is 0 Å². The van der Waals surface area contributed by atoms with E-state index in [9.17, 15) is 0 Å². The van der Waals surface area contributed by atoms with Crippen LogP contribution in [0, 0.1) is 23.7 Å². The lowest BCUT2D eigenvalue weighted by atomic mass is 9.78. The molecule has 0 heteroatoms. The fraction of sp³-hybridized carbons (Fsp3) is 1.00. The molecule has 0 radical (unpaired) electrons. The van der Waals surface area contributed by atoms with Crippen LogP contribution >= 0.6 is 0 Å². The number of unbranched alkanes of at least 4 members (excludes halogenated alkanes) is 2. The summed E-state index contributed by atoms with van der Waals surface area (Å²) in [4.78, 5) is 0. The van der Waals surface area contributed by atoms with Gasteiger partial charge >= 0.3 is 0 Å². The van der Waals surface area contributed by atoms with Crippen molar-refractivity contribution in [3.63, 3.8) is 0 Å². The van der Waals surface area contributed by atoms with Crippen molar-refractivity contribution in [2.24, 2.45) is 23.7 Å².